The Bertz CT molecular complexity index is 1030. The Kier molecular flexibility index (Phi) is 6.62. The third-order valence-corrected chi connectivity index (χ3v) is 6.34. The van der Waals surface area contributed by atoms with Crippen molar-refractivity contribution in [3.05, 3.63) is 54.6 Å². The lowest BCUT2D eigenvalue weighted by molar-refractivity contribution is -0.123. The summed E-state index contributed by atoms with van der Waals surface area (Å²) in [4.78, 5) is 24.4. The maximum absolute atomic E-state index is 12.3. The van der Waals surface area contributed by atoms with Crippen LogP contribution in [0.15, 0.2) is 33.8 Å². The molecule has 29 heavy (non-hydrogen) atoms. The molecule has 1 aliphatic heterocycles. The molecule has 0 saturated heterocycles. The van der Waals surface area contributed by atoms with Gasteiger partial charge in [0, 0.05) is 9.13 Å². The van der Waals surface area contributed by atoms with Crippen molar-refractivity contribution in [1.82, 2.24) is 5.43 Å². The largest absolute Gasteiger partial charge is 0.482 e. The number of rotatable bonds is 5. The predicted octanol–water partition coefficient (Wildman–Crippen LogP) is 4.65. The average molecular weight is 570 g/mol. The molecular weight excluding hydrogens is 549 g/mol. The molecule has 0 aliphatic carbocycles. The summed E-state index contributed by atoms with van der Waals surface area (Å²) in [6, 6.07) is 7.63. The number of aryl methyl sites for hydroxylation is 1. The molecular formula is C21H21BrIN3O3. The van der Waals surface area contributed by atoms with Crippen LogP contribution in [-0.2, 0) is 9.59 Å². The third-order valence-electron chi connectivity index (χ3n) is 4.72. The molecule has 0 saturated carbocycles. The molecule has 1 aliphatic rings. The van der Waals surface area contributed by atoms with Crippen LogP contribution in [0.4, 0.5) is 5.69 Å². The van der Waals surface area contributed by atoms with Crippen LogP contribution >= 0.6 is 38.5 Å². The summed E-state index contributed by atoms with van der Waals surface area (Å²) in [6.07, 6.45) is 0. The molecule has 0 atom stereocenters. The van der Waals surface area contributed by atoms with Crippen LogP contribution in [0.2, 0.25) is 0 Å². The van der Waals surface area contributed by atoms with Gasteiger partial charge >= 0.3 is 0 Å². The standard InChI is InChI=1S/C21H21BrIN3O3/c1-10(2)14-7-11(3)12(4)18(22)20(14)29-9-17(27)25-26-19-15-8-13(23)5-6-16(15)24-21(19)28/h5-8,10H,9H2,1-4H3,(H,25,27)(H,24,26,28). The number of nitrogens with zero attached hydrogens (tertiary/aromatic N) is 1. The van der Waals surface area contributed by atoms with Crippen LogP contribution in [0.5, 0.6) is 5.75 Å². The molecule has 2 N–H and O–H groups in total. The minimum absolute atomic E-state index is 0.182. The van der Waals surface area contributed by atoms with E-state index in [-0.39, 0.29) is 24.1 Å². The second-order valence-electron chi connectivity index (χ2n) is 7.13. The fourth-order valence-corrected chi connectivity index (χ4v) is 4.12. The van der Waals surface area contributed by atoms with Gasteiger partial charge in [-0.25, -0.2) is 5.43 Å². The van der Waals surface area contributed by atoms with Gasteiger partial charge in [-0.05, 0) is 93.2 Å². The van der Waals surface area contributed by atoms with E-state index in [0.717, 1.165) is 24.7 Å². The Morgan fingerprint density at radius 2 is 2.03 bits per heavy atom. The number of anilines is 1. The molecule has 8 heteroatoms. The number of amides is 2. The van der Waals surface area contributed by atoms with Crippen molar-refractivity contribution in [2.24, 2.45) is 5.10 Å². The van der Waals surface area contributed by atoms with Crippen LogP contribution in [-0.4, -0.2) is 24.1 Å². The maximum atomic E-state index is 12.3. The highest BCUT2D eigenvalue weighted by Crippen LogP contribution is 2.38. The van der Waals surface area contributed by atoms with Crippen LogP contribution in [0.25, 0.3) is 0 Å². The monoisotopic (exact) mass is 569 g/mol. The first-order valence-electron chi connectivity index (χ1n) is 9.09. The maximum Gasteiger partial charge on any atom is 0.277 e. The van der Waals surface area contributed by atoms with E-state index in [9.17, 15) is 9.59 Å². The fourth-order valence-electron chi connectivity index (χ4n) is 2.98. The number of halogens is 2. The van der Waals surface area contributed by atoms with E-state index in [2.05, 4.69) is 74.3 Å². The second-order valence-corrected chi connectivity index (χ2v) is 9.17. The highest BCUT2D eigenvalue weighted by atomic mass is 127. The molecule has 0 aromatic heterocycles. The lowest BCUT2D eigenvalue weighted by atomic mass is 9.97. The fraction of sp³-hybridized carbons (Fsp3) is 0.286. The van der Waals surface area contributed by atoms with E-state index in [1.807, 2.05) is 32.0 Å². The summed E-state index contributed by atoms with van der Waals surface area (Å²) in [6.45, 7) is 7.99. The van der Waals surface area contributed by atoms with E-state index < -0.39 is 5.91 Å². The first-order valence-corrected chi connectivity index (χ1v) is 11.0. The van der Waals surface area contributed by atoms with Gasteiger partial charge in [0.05, 0.1) is 10.2 Å². The minimum Gasteiger partial charge on any atom is -0.482 e. The average Bonchev–Trinajstić information content (AvgIpc) is 2.97. The highest BCUT2D eigenvalue weighted by molar-refractivity contribution is 14.1. The van der Waals surface area contributed by atoms with Crippen LogP contribution in [0.3, 0.4) is 0 Å². The van der Waals surface area contributed by atoms with Gasteiger partial charge in [-0.3, -0.25) is 9.59 Å². The van der Waals surface area contributed by atoms with Crippen molar-refractivity contribution in [3.8, 4) is 5.75 Å². The zero-order valence-corrected chi connectivity index (χ0v) is 20.3. The normalized spacial score (nSPS) is 14.2. The van der Waals surface area contributed by atoms with Crippen LogP contribution in [0.1, 0.15) is 42.0 Å². The van der Waals surface area contributed by atoms with Gasteiger partial charge in [-0.15, -0.1) is 0 Å². The van der Waals surface area contributed by atoms with Crippen molar-refractivity contribution < 1.29 is 14.3 Å². The SMILES string of the molecule is Cc1cc(C(C)C)c(OCC(=O)N/N=C2\C(=O)Nc3ccc(I)cc32)c(Br)c1C. The third kappa shape index (κ3) is 4.63. The summed E-state index contributed by atoms with van der Waals surface area (Å²) in [5.41, 5.74) is 7.21. The number of carbonyl (C=O) groups excluding carboxylic acids is 2. The van der Waals surface area contributed by atoms with Gasteiger partial charge in [-0.2, -0.15) is 5.10 Å². The first-order chi connectivity index (χ1) is 13.7. The summed E-state index contributed by atoms with van der Waals surface area (Å²) < 4.78 is 7.65. The molecule has 0 radical (unpaired) electrons. The zero-order chi connectivity index (χ0) is 21.3. The van der Waals surface area contributed by atoms with E-state index in [1.165, 1.54) is 0 Å². The topological polar surface area (TPSA) is 79.8 Å². The molecule has 0 unspecified atom stereocenters. The lowest BCUT2D eigenvalue weighted by Gasteiger charge is -2.18. The van der Waals surface area contributed by atoms with E-state index in [0.29, 0.717) is 17.0 Å². The molecule has 1 heterocycles. The zero-order valence-electron chi connectivity index (χ0n) is 16.5. The summed E-state index contributed by atoms with van der Waals surface area (Å²) in [7, 11) is 0. The minimum atomic E-state index is -0.441. The van der Waals surface area contributed by atoms with Gasteiger partial charge in [0.1, 0.15) is 5.75 Å². The summed E-state index contributed by atoms with van der Waals surface area (Å²) in [5, 5.41) is 6.75. The van der Waals surface area contributed by atoms with Gasteiger partial charge < -0.3 is 10.1 Å². The Balaban J connectivity index is 1.74. The molecule has 152 valence electrons. The second kappa shape index (κ2) is 8.83. The molecule has 2 amide bonds. The molecule has 2 aromatic rings. The highest BCUT2D eigenvalue weighted by Gasteiger charge is 2.26. The van der Waals surface area contributed by atoms with Crippen LogP contribution < -0.4 is 15.5 Å². The number of fused-ring (bicyclic) bond motifs is 1. The molecule has 2 aromatic carbocycles. The number of hydrazone groups is 1. The lowest BCUT2D eigenvalue weighted by Crippen LogP contribution is -2.28. The number of carbonyl (C=O) groups is 2. The quantitative estimate of drug-likeness (QED) is 0.406. The van der Waals surface area contributed by atoms with Crippen molar-refractivity contribution in [2.45, 2.75) is 33.6 Å². The summed E-state index contributed by atoms with van der Waals surface area (Å²) >= 11 is 5.75. The van der Waals surface area contributed by atoms with Crippen molar-refractivity contribution >= 4 is 61.7 Å². The molecule has 0 bridgehead atoms. The molecule has 6 nitrogen and oxygen atoms in total. The van der Waals surface area contributed by atoms with Crippen molar-refractivity contribution in [3.63, 3.8) is 0 Å². The molecule has 0 fully saturated rings. The molecule has 3 rings (SSSR count). The van der Waals surface area contributed by atoms with Gasteiger partial charge in [-0.1, -0.05) is 19.9 Å². The van der Waals surface area contributed by atoms with Crippen molar-refractivity contribution in [1.29, 1.82) is 0 Å². The van der Waals surface area contributed by atoms with E-state index in [4.69, 9.17) is 4.74 Å². The van der Waals surface area contributed by atoms with Gasteiger partial charge in [0.2, 0.25) is 0 Å². The smallest absolute Gasteiger partial charge is 0.277 e. The number of hydrogen-bond acceptors (Lipinski definition) is 4. The van der Waals surface area contributed by atoms with E-state index in [1.54, 1.807) is 0 Å². The number of hydrogen-bond donors (Lipinski definition) is 2. The van der Waals surface area contributed by atoms with Gasteiger partial charge in [0.25, 0.3) is 11.8 Å². The summed E-state index contributed by atoms with van der Waals surface area (Å²) in [5.74, 6) is 0.112. The predicted molar refractivity (Wildman–Crippen MR) is 126 cm³/mol. The van der Waals surface area contributed by atoms with Crippen LogP contribution in [0, 0.1) is 17.4 Å². The Hall–Kier alpha value is -1.94. The van der Waals surface area contributed by atoms with Gasteiger partial charge in [0.15, 0.2) is 12.3 Å². The van der Waals surface area contributed by atoms with E-state index >= 15 is 0 Å². The number of ether oxygens (including phenoxy) is 1. The van der Waals surface area contributed by atoms with Crippen molar-refractivity contribution in [2.75, 3.05) is 11.9 Å². The number of nitrogens with one attached hydrogen (secondary N) is 2. The number of benzene rings is 2. The Morgan fingerprint density at radius 3 is 2.72 bits per heavy atom. The Morgan fingerprint density at radius 1 is 1.31 bits per heavy atom. The molecule has 0 spiro atoms. The Labute approximate surface area is 191 Å². The first kappa shape index (κ1) is 21.8.